The molecule has 2 rings (SSSR count). The average molecular weight is 271 g/mol. The van der Waals surface area contributed by atoms with E-state index in [1.165, 1.54) is 0 Å². The van der Waals surface area contributed by atoms with E-state index in [1.807, 2.05) is 30.3 Å². The summed E-state index contributed by atoms with van der Waals surface area (Å²) in [7, 11) is 0. The van der Waals surface area contributed by atoms with Gasteiger partial charge in [0, 0.05) is 17.6 Å². The first-order chi connectivity index (χ1) is 9.67. The summed E-state index contributed by atoms with van der Waals surface area (Å²) >= 11 is 0. The van der Waals surface area contributed by atoms with Crippen molar-refractivity contribution in [3.05, 3.63) is 42.0 Å². The van der Waals surface area contributed by atoms with Gasteiger partial charge in [0.25, 0.3) is 0 Å². The van der Waals surface area contributed by atoms with E-state index in [0.717, 1.165) is 35.8 Å². The predicted molar refractivity (Wildman–Crippen MR) is 83.5 cm³/mol. The number of anilines is 1. The fourth-order valence-electron chi connectivity index (χ4n) is 2.47. The summed E-state index contributed by atoms with van der Waals surface area (Å²) in [5, 5.41) is 14.5. The lowest BCUT2D eigenvalue weighted by molar-refractivity contribution is 0.0699. The highest BCUT2D eigenvalue weighted by molar-refractivity contribution is 6.07. The molecule has 0 saturated heterocycles. The summed E-state index contributed by atoms with van der Waals surface area (Å²) in [6, 6.07) is 11.2. The van der Waals surface area contributed by atoms with Gasteiger partial charge in [-0.3, -0.25) is 0 Å². The number of hydrogen-bond acceptors (Lipinski definition) is 2. The Kier molecular flexibility index (Phi) is 4.61. The Hall–Kier alpha value is -2.03. The van der Waals surface area contributed by atoms with Crippen molar-refractivity contribution in [2.75, 3.05) is 11.9 Å². The number of rotatable bonds is 6. The van der Waals surface area contributed by atoms with E-state index in [9.17, 15) is 9.90 Å². The minimum atomic E-state index is -0.882. The number of aromatic carboxylic acids is 1. The quantitative estimate of drug-likeness (QED) is 0.819. The summed E-state index contributed by atoms with van der Waals surface area (Å²) in [5.74, 6) is -0.236. The molecule has 0 atom stereocenters. The van der Waals surface area contributed by atoms with Crippen LogP contribution in [0.4, 0.5) is 5.69 Å². The standard InChI is InChI=1S/C17H21NO2/c1-3-12(4-2)11-18-16-10-9-15(17(19)20)13-7-5-6-8-14(13)16/h5-10,12,18H,3-4,11H2,1-2H3,(H,19,20). The monoisotopic (exact) mass is 271 g/mol. The molecule has 0 unspecified atom stereocenters. The van der Waals surface area contributed by atoms with Crippen LogP contribution in [0, 0.1) is 5.92 Å². The van der Waals surface area contributed by atoms with E-state index in [1.54, 1.807) is 6.07 Å². The Bertz CT molecular complexity index is 603. The average Bonchev–Trinajstić information content (AvgIpc) is 2.47. The largest absolute Gasteiger partial charge is 0.478 e. The lowest BCUT2D eigenvalue weighted by atomic mass is 10.0. The maximum atomic E-state index is 11.3. The zero-order chi connectivity index (χ0) is 14.5. The maximum absolute atomic E-state index is 11.3. The zero-order valence-corrected chi connectivity index (χ0v) is 12.0. The Morgan fingerprint density at radius 1 is 1.10 bits per heavy atom. The van der Waals surface area contributed by atoms with Crippen LogP contribution in [0.1, 0.15) is 37.0 Å². The molecule has 3 nitrogen and oxygen atoms in total. The van der Waals surface area contributed by atoms with Gasteiger partial charge in [0.15, 0.2) is 0 Å². The van der Waals surface area contributed by atoms with Crippen molar-refractivity contribution < 1.29 is 9.90 Å². The van der Waals surface area contributed by atoms with Gasteiger partial charge in [-0.1, -0.05) is 51.0 Å². The second-order valence-corrected chi connectivity index (χ2v) is 5.07. The van der Waals surface area contributed by atoms with Crippen LogP contribution in [-0.4, -0.2) is 17.6 Å². The molecule has 0 aliphatic rings. The molecule has 0 bridgehead atoms. The minimum Gasteiger partial charge on any atom is -0.478 e. The molecule has 0 fully saturated rings. The van der Waals surface area contributed by atoms with E-state index in [-0.39, 0.29) is 0 Å². The third-order valence-electron chi connectivity index (χ3n) is 3.89. The smallest absolute Gasteiger partial charge is 0.336 e. The molecule has 0 aromatic heterocycles. The van der Waals surface area contributed by atoms with Crippen LogP contribution in [0.5, 0.6) is 0 Å². The van der Waals surface area contributed by atoms with Crippen LogP contribution in [-0.2, 0) is 0 Å². The molecular weight excluding hydrogens is 250 g/mol. The lowest BCUT2D eigenvalue weighted by Gasteiger charge is -2.16. The van der Waals surface area contributed by atoms with E-state index in [4.69, 9.17) is 0 Å². The van der Waals surface area contributed by atoms with Gasteiger partial charge >= 0.3 is 5.97 Å². The number of fused-ring (bicyclic) bond motifs is 1. The van der Waals surface area contributed by atoms with Crippen LogP contribution in [0.3, 0.4) is 0 Å². The SMILES string of the molecule is CCC(CC)CNc1ccc(C(=O)O)c2ccccc12. The summed E-state index contributed by atoms with van der Waals surface area (Å²) in [5.41, 5.74) is 1.37. The van der Waals surface area contributed by atoms with Gasteiger partial charge < -0.3 is 10.4 Å². The van der Waals surface area contributed by atoms with Gasteiger partial charge in [0.2, 0.25) is 0 Å². The molecule has 2 aromatic rings. The number of carboxylic acid groups (broad SMARTS) is 1. The topological polar surface area (TPSA) is 49.3 Å². The third-order valence-corrected chi connectivity index (χ3v) is 3.89. The molecule has 0 spiro atoms. The maximum Gasteiger partial charge on any atom is 0.336 e. The van der Waals surface area contributed by atoms with E-state index < -0.39 is 5.97 Å². The first kappa shape index (κ1) is 14.4. The minimum absolute atomic E-state index is 0.355. The van der Waals surface area contributed by atoms with Crippen molar-refractivity contribution in [2.24, 2.45) is 5.92 Å². The fourth-order valence-corrected chi connectivity index (χ4v) is 2.47. The molecule has 2 aromatic carbocycles. The number of benzene rings is 2. The van der Waals surface area contributed by atoms with Crippen LogP contribution >= 0.6 is 0 Å². The Labute approximate surface area is 119 Å². The Morgan fingerprint density at radius 3 is 2.35 bits per heavy atom. The Balaban J connectivity index is 2.36. The van der Waals surface area contributed by atoms with Gasteiger partial charge in [0.05, 0.1) is 5.56 Å². The highest BCUT2D eigenvalue weighted by Crippen LogP contribution is 2.27. The normalized spacial score (nSPS) is 10.9. The molecule has 2 N–H and O–H groups in total. The van der Waals surface area contributed by atoms with Crippen LogP contribution in [0.15, 0.2) is 36.4 Å². The molecule has 0 amide bonds. The highest BCUT2D eigenvalue weighted by Gasteiger charge is 2.11. The molecule has 0 heterocycles. The first-order valence-corrected chi connectivity index (χ1v) is 7.16. The lowest BCUT2D eigenvalue weighted by Crippen LogP contribution is -2.13. The number of nitrogens with one attached hydrogen (secondary N) is 1. The van der Waals surface area contributed by atoms with Crippen LogP contribution in [0.25, 0.3) is 10.8 Å². The molecule has 0 aliphatic heterocycles. The molecule has 3 heteroatoms. The second-order valence-electron chi connectivity index (χ2n) is 5.07. The van der Waals surface area contributed by atoms with Crippen molar-refractivity contribution in [3.8, 4) is 0 Å². The third kappa shape index (κ3) is 2.93. The van der Waals surface area contributed by atoms with Gasteiger partial charge in [-0.15, -0.1) is 0 Å². The van der Waals surface area contributed by atoms with Crippen molar-refractivity contribution in [1.82, 2.24) is 0 Å². The predicted octanol–water partition coefficient (Wildman–Crippen LogP) is 4.39. The number of carboxylic acids is 1. The van der Waals surface area contributed by atoms with Crippen LogP contribution < -0.4 is 5.32 Å². The molecule has 0 saturated carbocycles. The molecule has 20 heavy (non-hydrogen) atoms. The summed E-state index contributed by atoms with van der Waals surface area (Å²) in [6.45, 7) is 5.31. The van der Waals surface area contributed by atoms with Crippen molar-refractivity contribution in [2.45, 2.75) is 26.7 Å². The summed E-state index contributed by atoms with van der Waals surface area (Å²) in [6.07, 6.45) is 2.29. The van der Waals surface area contributed by atoms with E-state index in [0.29, 0.717) is 11.5 Å². The van der Waals surface area contributed by atoms with E-state index in [2.05, 4.69) is 19.2 Å². The molecule has 0 radical (unpaired) electrons. The molecule has 0 aliphatic carbocycles. The van der Waals surface area contributed by atoms with Crippen molar-refractivity contribution >= 4 is 22.4 Å². The van der Waals surface area contributed by atoms with Crippen LogP contribution in [0.2, 0.25) is 0 Å². The second kappa shape index (κ2) is 6.42. The van der Waals surface area contributed by atoms with Gasteiger partial charge in [-0.05, 0) is 23.4 Å². The van der Waals surface area contributed by atoms with Crippen molar-refractivity contribution in [3.63, 3.8) is 0 Å². The first-order valence-electron chi connectivity index (χ1n) is 7.16. The fraction of sp³-hybridized carbons (Fsp3) is 0.353. The zero-order valence-electron chi connectivity index (χ0n) is 12.0. The molecular formula is C17H21NO2. The molecule has 106 valence electrons. The summed E-state index contributed by atoms with van der Waals surface area (Å²) < 4.78 is 0. The highest BCUT2D eigenvalue weighted by atomic mass is 16.4. The number of hydrogen-bond donors (Lipinski definition) is 2. The van der Waals surface area contributed by atoms with Gasteiger partial charge in [0.1, 0.15) is 0 Å². The van der Waals surface area contributed by atoms with Gasteiger partial charge in [-0.25, -0.2) is 4.79 Å². The summed E-state index contributed by atoms with van der Waals surface area (Å²) in [4.78, 5) is 11.3. The number of carbonyl (C=O) groups is 1. The van der Waals surface area contributed by atoms with Crippen molar-refractivity contribution in [1.29, 1.82) is 0 Å². The van der Waals surface area contributed by atoms with Gasteiger partial charge in [-0.2, -0.15) is 0 Å². The Morgan fingerprint density at radius 2 is 1.75 bits per heavy atom. The van der Waals surface area contributed by atoms with E-state index >= 15 is 0 Å².